The third-order valence-corrected chi connectivity index (χ3v) is 3.52. The fraction of sp³-hybridized carbons (Fsp3) is 0.333. The molecule has 0 unspecified atom stereocenters. The van der Waals surface area contributed by atoms with Gasteiger partial charge in [-0.15, -0.1) is 0 Å². The maximum absolute atomic E-state index is 11.6. The molecule has 1 heterocycles. The minimum absolute atomic E-state index is 0.0533. The highest BCUT2D eigenvalue weighted by atomic mass is 16.5. The Balaban J connectivity index is 1.58. The zero-order valence-corrected chi connectivity index (χ0v) is 10.7. The minimum Gasteiger partial charge on any atom is -0.461 e. The van der Waals surface area contributed by atoms with Gasteiger partial charge in [0, 0.05) is 12.4 Å². The monoisotopic (exact) mass is 256 g/mol. The van der Waals surface area contributed by atoms with Crippen LogP contribution in [-0.2, 0) is 16.1 Å². The number of hydrogen-bond acceptors (Lipinski definition) is 3. The predicted octanol–water partition coefficient (Wildman–Crippen LogP) is 2.72. The molecule has 1 fully saturated rings. The molecule has 1 aromatic carbocycles. The van der Waals surface area contributed by atoms with Gasteiger partial charge in [0.15, 0.2) is 0 Å². The van der Waals surface area contributed by atoms with Gasteiger partial charge in [0.2, 0.25) is 0 Å². The van der Waals surface area contributed by atoms with Crippen molar-refractivity contribution >= 4 is 5.97 Å². The van der Waals surface area contributed by atoms with Crippen LogP contribution in [-0.4, -0.2) is 15.7 Å². The van der Waals surface area contributed by atoms with Crippen LogP contribution in [0, 0.1) is 5.92 Å². The second kappa shape index (κ2) is 5.26. The molecule has 1 aromatic heterocycles. The summed E-state index contributed by atoms with van der Waals surface area (Å²) in [5.74, 6) is 0.0887. The molecule has 4 nitrogen and oxygen atoms in total. The average molecular weight is 256 g/mol. The number of carbonyl (C=O) groups is 1. The summed E-state index contributed by atoms with van der Waals surface area (Å²) in [6, 6.07) is 9.75. The molecule has 0 spiro atoms. The van der Waals surface area contributed by atoms with Gasteiger partial charge in [-0.1, -0.05) is 18.6 Å². The van der Waals surface area contributed by atoms with Crippen LogP contribution in [0.15, 0.2) is 42.7 Å². The van der Waals surface area contributed by atoms with E-state index in [2.05, 4.69) is 5.10 Å². The standard InChI is InChI=1S/C15H16N2O2/c18-15(13-3-1-4-13)19-11-12-5-7-14(8-6-12)17-10-2-9-16-17/h2,5-10,13H,1,3-4,11H2. The van der Waals surface area contributed by atoms with Gasteiger partial charge in [-0.05, 0) is 36.6 Å². The normalized spacial score (nSPS) is 14.9. The molecule has 2 aromatic rings. The van der Waals surface area contributed by atoms with Crippen molar-refractivity contribution in [2.75, 3.05) is 0 Å². The molecule has 0 amide bonds. The first-order valence-electron chi connectivity index (χ1n) is 6.58. The Morgan fingerprint density at radius 1 is 1.32 bits per heavy atom. The summed E-state index contributed by atoms with van der Waals surface area (Å²) < 4.78 is 7.10. The first-order valence-corrected chi connectivity index (χ1v) is 6.58. The van der Waals surface area contributed by atoms with E-state index in [1.807, 2.05) is 36.5 Å². The lowest BCUT2D eigenvalue weighted by Crippen LogP contribution is -2.23. The van der Waals surface area contributed by atoms with E-state index in [-0.39, 0.29) is 11.9 Å². The lowest BCUT2D eigenvalue weighted by molar-refractivity contribution is -0.152. The summed E-state index contributed by atoms with van der Waals surface area (Å²) in [6.07, 6.45) is 6.76. The van der Waals surface area contributed by atoms with E-state index in [1.165, 1.54) is 0 Å². The molecule has 3 rings (SSSR count). The van der Waals surface area contributed by atoms with Gasteiger partial charge in [0.05, 0.1) is 11.6 Å². The van der Waals surface area contributed by atoms with E-state index in [4.69, 9.17) is 4.74 Å². The van der Waals surface area contributed by atoms with E-state index < -0.39 is 0 Å². The van der Waals surface area contributed by atoms with Crippen molar-refractivity contribution in [1.29, 1.82) is 0 Å². The molecule has 0 saturated heterocycles. The van der Waals surface area contributed by atoms with Gasteiger partial charge in [0.25, 0.3) is 0 Å². The molecule has 0 radical (unpaired) electrons. The van der Waals surface area contributed by atoms with Crippen LogP contribution in [0.2, 0.25) is 0 Å². The predicted molar refractivity (Wildman–Crippen MR) is 70.7 cm³/mol. The van der Waals surface area contributed by atoms with Gasteiger partial charge in [-0.2, -0.15) is 5.10 Å². The van der Waals surface area contributed by atoms with Gasteiger partial charge in [0.1, 0.15) is 6.61 Å². The molecule has 1 aliphatic rings. The van der Waals surface area contributed by atoms with Gasteiger partial charge in [-0.25, -0.2) is 4.68 Å². The number of hydrogen-bond donors (Lipinski definition) is 0. The topological polar surface area (TPSA) is 44.1 Å². The molecule has 1 aliphatic carbocycles. The number of nitrogens with zero attached hydrogens (tertiary/aromatic N) is 2. The zero-order chi connectivity index (χ0) is 13.1. The second-order valence-corrected chi connectivity index (χ2v) is 4.85. The highest BCUT2D eigenvalue weighted by molar-refractivity contribution is 5.73. The van der Waals surface area contributed by atoms with E-state index in [9.17, 15) is 4.79 Å². The van der Waals surface area contributed by atoms with Crippen molar-refractivity contribution in [2.24, 2.45) is 5.92 Å². The summed E-state index contributed by atoms with van der Waals surface area (Å²) in [4.78, 5) is 11.6. The summed E-state index contributed by atoms with van der Waals surface area (Å²) in [7, 11) is 0. The Morgan fingerprint density at radius 2 is 2.11 bits per heavy atom. The number of aromatic nitrogens is 2. The van der Waals surface area contributed by atoms with Gasteiger partial charge >= 0.3 is 5.97 Å². The molecule has 4 heteroatoms. The van der Waals surface area contributed by atoms with Crippen LogP contribution in [0.5, 0.6) is 0 Å². The van der Waals surface area contributed by atoms with Crippen molar-refractivity contribution in [3.8, 4) is 5.69 Å². The van der Waals surface area contributed by atoms with Crippen LogP contribution in [0.1, 0.15) is 24.8 Å². The Labute approximate surface area is 112 Å². The van der Waals surface area contributed by atoms with Gasteiger partial charge in [-0.3, -0.25) is 4.79 Å². The summed E-state index contributed by atoms with van der Waals surface area (Å²) in [5, 5.41) is 4.16. The molecule has 0 bridgehead atoms. The smallest absolute Gasteiger partial charge is 0.309 e. The van der Waals surface area contributed by atoms with E-state index in [0.29, 0.717) is 6.61 Å². The zero-order valence-electron chi connectivity index (χ0n) is 10.7. The number of carbonyl (C=O) groups excluding carboxylic acids is 1. The third kappa shape index (κ3) is 2.67. The lowest BCUT2D eigenvalue weighted by Gasteiger charge is -2.23. The molecular weight excluding hydrogens is 240 g/mol. The van der Waals surface area contributed by atoms with E-state index in [1.54, 1.807) is 10.9 Å². The fourth-order valence-corrected chi connectivity index (χ4v) is 2.08. The fourth-order valence-electron chi connectivity index (χ4n) is 2.08. The van der Waals surface area contributed by atoms with Crippen molar-refractivity contribution in [3.05, 3.63) is 48.3 Å². The van der Waals surface area contributed by atoms with Crippen LogP contribution in [0.25, 0.3) is 5.69 Å². The average Bonchev–Trinajstić information content (AvgIpc) is 2.89. The van der Waals surface area contributed by atoms with Crippen LogP contribution in [0.4, 0.5) is 0 Å². The Hall–Kier alpha value is -2.10. The first kappa shape index (κ1) is 12.0. The minimum atomic E-state index is -0.0533. The van der Waals surface area contributed by atoms with Crippen LogP contribution >= 0.6 is 0 Å². The van der Waals surface area contributed by atoms with Crippen molar-refractivity contribution in [1.82, 2.24) is 9.78 Å². The van der Waals surface area contributed by atoms with Crippen LogP contribution < -0.4 is 0 Å². The van der Waals surface area contributed by atoms with Crippen LogP contribution in [0.3, 0.4) is 0 Å². The van der Waals surface area contributed by atoms with Crippen molar-refractivity contribution in [3.63, 3.8) is 0 Å². The molecule has 19 heavy (non-hydrogen) atoms. The number of benzene rings is 1. The molecular formula is C15H16N2O2. The Kier molecular flexibility index (Phi) is 3.31. The van der Waals surface area contributed by atoms with Gasteiger partial charge < -0.3 is 4.74 Å². The Morgan fingerprint density at radius 3 is 2.68 bits per heavy atom. The molecule has 0 atom stereocenters. The third-order valence-electron chi connectivity index (χ3n) is 3.52. The van der Waals surface area contributed by atoms with Crippen molar-refractivity contribution in [2.45, 2.75) is 25.9 Å². The SMILES string of the molecule is O=C(OCc1ccc(-n2cccn2)cc1)C1CCC1. The molecule has 1 saturated carbocycles. The highest BCUT2D eigenvalue weighted by Crippen LogP contribution is 2.27. The summed E-state index contributed by atoms with van der Waals surface area (Å²) in [5.41, 5.74) is 2.00. The largest absolute Gasteiger partial charge is 0.461 e. The van der Waals surface area contributed by atoms with Crippen molar-refractivity contribution < 1.29 is 9.53 Å². The summed E-state index contributed by atoms with van der Waals surface area (Å²) in [6.45, 7) is 0.356. The molecule has 0 N–H and O–H groups in total. The maximum atomic E-state index is 11.6. The van der Waals surface area contributed by atoms with E-state index in [0.717, 1.165) is 30.5 Å². The number of rotatable bonds is 4. The number of esters is 1. The summed E-state index contributed by atoms with van der Waals surface area (Å²) >= 11 is 0. The second-order valence-electron chi connectivity index (χ2n) is 4.85. The first-order chi connectivity index (χ1) is 9.33. The van der Waals surface area contributed by atoms with E-state index >= 15 is 0 Å². The quantitative estimate of drug-likeness (QED) is 0.790. The lowest BCUT2D eigenvalue weighted by atomic mass is 9.86. The Bertz CT molecular complexity index is 542. The number of ether oxygens (including phenoxy) is 1. The highest BCUT2D eigenvalue weighted by Gasteiger charge is 2.26. The maximum Gasteiger partial charge on any atom is 0.309 e. The molecule has 0 aliphatic heterocycles. The molecule has 98 valence electrons.